The normalized spacial score (nSPS) is 13.5. The summed E-state index contributed by atoms with van der Waals surface area (Å²) in [5.41, 5.74) is 5.31. The second kappa shape index (κ2) is 6.41. The second-order valence-corrected chi connectivity index (χ2v) is 5.21. The summed E-state index contributed by atoms with van der Waals surface area (Å²) in [5.74, 6) is -0.627. The summed E-state index contributed by atoms with van der Waals surface area (Å²) in [6, 6.07) is 11.9. The third-order valence-electron chi connectivity index (χ3n) is 3.53. The fourth-order valence-electron chi connectivity index (χ4n) is 2.28. The number of hydrogen-bond donors (Lipinski definition) is 3. The highest BCUT2D eigenvalue weighted by atomic mass is 16.5. The van der Waals surface area contributed by atoms with Crippen molar-refractivity contribution in [1.29, 1.82) is 0 Å². The Morgan fingerprint density at radius 3 is 2.88 bits per heavy atom. The molecule has 1 aliphatic rings. The number of ether oxygens (including phenoxy) is 1. The lowest BCUT2D eigenvalue weighted by Gasteiger charge is -2.18. The molecule has 7 nitrogen and oxygen atoms in total. The molecular weight excluding hydrogens is 310 g/mol. The topological polar surface area (TPSA) is 100 Å². The molecule has 2 aromatic carbocycles. The van der Waals surface area contributed by atoms with E-state index >= 15 is 0 Å². The zero-order chi connectivity index (χ0) is 17.1. The molecule has 1 heterocycles. The summed E-state index contributed by atoms with van der Waals surface area (Å²) in [6.07, 6.45) is 0. The van der Waals surface area contributed by atoms with Crippen molar-refractivity contribution in [3.8, 4) is 5.75 Å². The Bertz CT molecular complexity index is 845. The number of carboxylic acids is 1. The number of hydrazone groups is 1. The van der Waals surface area contributed by atoms with Crippen LogP contribution in [0.25, 0.3) is 0 Å². The van der Waals surface area contributed by atoms with E-state index in [-0.39, 0.29) is 18.1 Å². The molecule has 0 unspecified atom stereocenters. The number of hydrogen-bond acceptors (Lipinski definition) is 5. The standard InChI is InChI=1S/C17H15N3O4/c1-10(19-20-13-5-3-2-4-12(13)17(22)23)11-6-7-15-14(8-11)18-16(21)9-24-15/h2-8,20H,9H2,1H3,(H,18,21)(H,22,23)/b19-10-. The Hall–Kier alpha value is -3.35. The van der Waals surface area contributed by atoms with E-state index in [1.54, 1.807) is 37.3 Å². The maximum absolute atomic E-state index is 11.4. The number of anilines is 2. The average molecular weight is 325 g/mol. The van der Waals surface area contributed by atoms with Crippen LogP contribution < -0.4 is 15.5 Å². The number of carbonyl (C=O) groups excluding carboxylic acids is 1. The maximum atomic E-state index is 11.4. The molecule has 0 aliphatic carbocycles. The molecule has 0 fully saturated rings. The van der Waals surface area contributed by atoms with E-state index in [2.05, 4.69) is 15.8 Å². The van der Waals surface area contributed by atoms with Crippen molar-refractivity contribution in [1.82, 2.24) is 0 Å². The van der Waals surface area contributed by atoms with Gasteiger partial charge in [0.1, 0.15) is 5.75 Å². The number of carboxylic acid groups (broad SMARTS) is 1. The van der Waals surface area contributed by atoms with E-state index in [9.17, 15) is 9.59 Å². The van der Waals surface area contributed by atoms with Crippen molar-refractivity contribution < 1.29 is 19.4 Å². The van der Waals surface area contributed by atoms with Crippen molar-refractivity contribution in [2.75, 3.05) is 17.3 Å². The van der Waals surface area contributed by atoms with Crippen molar-refractivity contribution in [2.45, 2.75) is 6.92 Å². The fourth-order valence-corrected chi connectivity index (χ4v) is 2.28. The monoisotopic (exact) mass is 325 g/mol. The predicted molar refractivity (Wildman–Crippen MR) is 89.8 cm³/mol. The van der Waals surface area contributed by atoms with Gasteiger partial charge in [-0.05, 0) is 42.8 Å². The van der Waals surface area contributed by atoms with E-state index in [4.69, 9.17) is 9.84 Å². The Labute approximate surface area is 138 Å². The van der Waals surface area contributed by atoms with Crippen LogP contribution in [0, 0.1) is 0 Å². The van der Waals surface area contributed by atoms with Crippen molar-refractivity contribution in [2.24, 2.45) is 5.10 Å². The highest BCUT2D eigenvalue weighted by Crippen LogP contribution is 2.28. The van der Waals surface area contributed by atoms with Crippen LogP contribution in [0.4, 0.5) is 11.4 Å². The Kier molecular flexibility index (Phi) is 4.15. The molecule has 0 saturated heterocycles. The number of nitrogens with zero attached hydrogens (tertiary/aromatic N) is 1. The largest absolute Gasteiger partial charge is 0.482 e. The quantitative estimate of drug-likeness (QED) is 0.592. The lowest BCUT2D eigenvalue weighted by atomic mass is 10.1. The fraction of sp³-hybridized carbons (Fsp3) is 0.118. The lowest BCUT2D eigenvalue weighted by molar-refractivity contribution is -0.118. The summed E-state index contributed by atoms with van der Waals surface area (Å²) in [6.45, 7) is 1.79. The smallest absolute Gasteiger partial charge is 0.337 e. The first-order chi connectivity index (χ1) is 11.5. The molecule has 0 atom stereocenters. The van der Waals surface area contributed by atoms with Crippen molar-refractivity contribution in [3.63, 3.8) is 0 Å². The van der Waals surface area contributed by atoms with Gasteiger partial charge in [0.25, 0.3) is 5.91 Å². The van der Waals surface area contributed by atoms with Crippen LogP contribution in [-0.4, -0.2) is 29.3 Å². The van der Waals surface area contributed by atoms with Gasteiger partial charge in [-0.25, -0.2) is 4.79 Å². The molecule has 0 aromatic heterocycles. The average Bonchev–Trinajstić information content (AvgIpc) is 2.59. The van der Waals surface area contributed by atoms with Gasteiger partial charge in [-0.2, -0.15) is 5.10 Å². The minimum Gasteiger partial charge on any atom is -0.482 e. The summed E-state index contributed by atoms with van der Waals surface area (Å²) in [4.78, 5) is 22.6. The number of amides is 1. The van der Waals surface area contributed by atoms with Gasteiger partial charge in [0, 0.05) is 0 Å². The molecule has 3 N–H and O–H groups in total. The number of benzene rings is 2. The van der Waals surface area contributed by atoms with Crippen LogP contribution in [0.15, 0.2) is 47.6 Å². The van der Waals surface area contributed by atoms with Crippen LogP contribution in [0.1, 0.15) is 22.8 Å². The molecule has 122 valence electrons. The number of para-hydroxylation sites is 1. The number of nitrogens with one attached hydrogen (secondary N) is 2. The van der Waals surface area contributed by atoms with Crippen LogP contribution in [0.3, 0.4) is 0 Å². The van der Waals surface area contributed by atoms with Crippen molar-refractivity contribution >= 4 is 29.0 Å². The third-order valence-corrected chi connectivity index (χ3v) is 3.53. The maximum Gasteiger partial charge on any atom is 0.337 e. The molecule has 3 rings (SSSR count). The highest BCUT2D eigenvalue weighted by Gasteiger charge is 2.16. The summed E-state index contributed by atoms with van der Waals surface area (Å²) in [5, 5.41) is 16.1. The second-order valence-electron chi connectivity index (χ2n) is 5.21. The van der Waals surface area contributed by atoms with E-state index < -0.39 is 5.97 Å². The zero-order valence-corrected chi connectivity index (χ0v) is 12.9. The SMILES string of the molecule is C/C(=N/Nc1ccccc1C(=O)O)c1ccc2c(c1)NC(=O)CO2. The van der Waals surface area contributed by atoms with Gasteiger partial charge in [0.05, 0.1) is 22.6 Å². The van der Waals surface area contributed by atoms with Gasteiger partial charge in [0.15, 0.2) is 6.61 Å². The van der Waals surface area contributed by atoms with Gasteiger partial charge >= 0.3 is 5.97 Å². The Morgan fingerprint density at radius 1 is 1.29 bits per heavy atom. The molecule has 1 aliphatic heterocycles. The number of aromatic carboxylic acids is 1. The Morgan fingerprint density at radius 2 is 2.08 bits per heavy atom. The van der Waals surface area contributed by atoms with E-state index in [1.165, 1.54) is 6.07 Å². The molecular formula is C17H15N3O4. The summed E-state index contributed by atoms with van der Waals surface area (Å²) < 4.78 is 5.31. The van der Waals surface area contributed by atoms with Gasteiger partial charge in [-0.3, -0.25) is 10.2 Å². The number of rotatable bonds is 4. The van der Waals surface area contributed by atoms with Crippen molar-refractivity contribution in [3.05, 3.63) is 53.6 Å². The summed E-state index contributed by atoms with van der Waals surface area (Å²) in [7, 11) is 0. The van der Waals surface area contributed by atoms with Gasteiger partial charge in [-0.15, -0.1) is 0 Å². The minimum atomic E-state index is -1.03. The first kappa shape index (κ1) is 15.5. The van der Waals surface area contributed by atoms with Crippen LogP contribution in [0.5, 0.6) is 5.75 Å². The van der Waals surface area contributed by atoms with Crippen LogP contribution in [0.2, 0.25) is 0 Å². The van der Waals surface area contributed by atoms with Gasteiger partial charge < -0.3 is 15.2 Å². The van der Waals surface area contributed by atoms with Crippen LogP contribution >= 0.6 is 0 Å². The molecule has 0 saturated carbocycles. The predicted octanol–water partition coefficient (Wildman–Crippen LogP) is 2.55. The zero-order valence-electron chi connectivity index (χ0n) is 12.9. The molecule has 7 heteroatoms. The first-order valence-corrected chi connectivity index (χ1v) is 7.24. The van der Waals surface area contributed by atoms with Crippen LogP contribution in [-0.2, 0) is 4.79 Å². The van der Waals surface area contributed by atoms with Gasteiger partial charge in [0.2, 0.25) is 0 Å². The Balaban J connectivity index is 1.83. The van der Waals surface area contributed by atoms with E-state index in [0.29, 0.717) is 22.8 Å². The minimum absolute atomic E-state index is 0.00689. The van der Waals surface area contributed by atoms with E-state index in [1.807, 2.05) is 6.07 Å². The molecule has 0 radical (unpaired) electrons. The summed E-state index contributed by atoms with van der Waals surface area (Å²) >= 11 is 0. The molecule has 2 aromatic rings. The molecule has 1 amide bonds. The highest BCUT2D eigenvalue weighted by molar-refractivity contribution is 6.03. The molecule has 24 heavy (non-hydrogen) atoms. The molecule has 0 bridgehead atoms. The number of carbonyl (C=O) groups is 2. The van der Waals surface area contributed by atoms with Gasteiger partial charge in [-0.1, -0.05) is 12.1 Å². The first-order valence-electron chi connectivity index (χ1n) is 7.24. The number of fused-ring (bicyclic) bond motifs is 1. The van der Waals surface area contributed by atoms with E-state index in [0.717, 1.165) is 5.56 Å². The lowest BCUT2D eigenvalue weighted by Crippen LogP contribution is -2.25. The third kappa shape index (κ3) is 3.19. The molecule has 0 spiro atoms.